The summed E-state index contributed by atoms with van der Waals surface area (Å²) in [6, 6.07) is 23.3. The fourth-order valence-electron chi connectivity index (χ4n) is 7.12. The molecule has 5 amide bonds. The second-order valence-corrected chi connectivity index (χ2v) is 12.5. The topological polar surface area (TPSA) is 139 Å². The van der Waals surface area contributed by atoms with E-state index in [-0.39, 0.29) is 30.1 Å². The first-order chi connectivity index (χ1) is 24.2. The maximum absolute atomic E-state index is 14.7. The third-order valence-electron chi connectivity index (χ3n) is 9.38. The lowest BCUT2D eigenvalue weighted by molar-refractivity contribution is -0.124. The summed E-state index contributed by atoms with van der Waals surface area (Å²) in [5.41, 5.74) is 10.3. The number of carbonyl (C=O) groups excluding carboxylic acids is 4. The standard InChI is InChI=1S/C37H32ClFN6O5/c1-50-37(49)45(33-25-12-4-2-10-23(25)24-11-3-5-13-26(24)33)22-17-31(34(46)41-18-21-9-8-15-28(38)32(21)39)44(19-22)36(48)42-29-20-43(35(40)47)30-16-7-6-14-27(29)30/h2-16,20,22,31,33H,17-19H2,1H3,(H2,40,47)(H,41,46)(H,42,48)/t22-,31-/m0/s1. The number of para-hydroxylation sites is 1. The van der Waals surface area contributed by atoms with Crippen LogP contribution in [0.3, 0.4) is 0 Å². The average Bonchev–Trinajstić information content (AvgIpc) is 3.82. The number of aromatic nitrogens is 1. The number of benzene rings is 4. The Morgan fingerprint density at radius 1 is 0.940 bits per heavy atom. The lowest BCUT2D eigenvalue weighted by Crippen LogP contribution is -2.47. The Hall–Kier alpha value is -5.88. The normalized spacial score (nSPS) is 16.5. The highest BCUT2D eigenvalue weighted by Crippen LogP contribution is 2.48. The fraction of sp³-hybridized carbons (Fsp3) is 0.189. The molecule has 11 nitrogen and oxygen atoms in total. The Balaban J connectivity index is 1.24. The van der Waals surface area contributed by atoms with Gasteiger partial charge in [-0.1, -0.05) is 90.5 Å². The molecule has 4 N–H and O–H groups in total. The molecule has 1 aliphatic heterocycles. The van der Waals surface area contributed by atoms with Crippen LogP contribution in [0.1, 0.15) is 29.2 Å². The van der Waals surface area contributed by atoms with Gasteiger partial charge in [0.05, 0.1) is 35.4 Å². The van der Waals surface area contributed by atoms with E-state index in [4.69, 9.17) is 22.1 Å². The number of fused-ring (bicyclic) bond motifs is 4. The van der Waals surface area contributed by atoms with E-state index < -0.39 is 48.0 Å². The van der Waals surface area contributed by atoms with E-state index in [1.54, 1.807) is 35.2 Å². The Bertz CT molecular complexity index is 2130. The zero-order chi connectivity index (χ0) is 35.1. The molecule has 4 aromatic carbocycles. The van der Waals surface area contributed by atoms with Crippen molar-refractivity contribution in [1.82, 2.24) is 19.7 Å². The van der Waals surface area contributed by atoms with Crippen LogP contribution in [0.25, 0.3) is 22.0 Å². The average molecular weight is 695 g/mol. The van der Waals surface area contributed by atoms with Gasteiger partial charge in [0.2, 0.25) is 5.91 Å². The summed E-state index contributed by atoms with van der Waals surface area (Å²) in [5.74, 6) is -1.21. The Morgan fingerprint density at radius 2 is 1.60 bits per heavy atom. The van der Waals surface area contributed by atoms with Crippen molar-refractivity contribution in [3.05, 3.63) is 125 Å². The maximum atomic E-state index is 14.7. The number of hydrogen-bond donors (Lipinski definition) is 3. The third-order valence-corrected chi connectivity index (χ3v) is 9.67. The molecule has 7 rings (SSSR count). The summed E-state index contributed by atoms with van der Waals surface area (Å²) in [6.45, 7) is -0.224. The number of nitrogens with one attached hydrogen (secondary N) is 2. The molecule has 1 aliphatic carbocycles. The predicted octanol–water partition coefficient (Wildman–Crippen LogP) is 6.49. The fourth-order valence-corrected chi connectivity index (χ4v) is 7.32. The van der Waals surface area contributed by atoms with Crippen molar-refractivity contribution >= 4 is 52.3 Å². The molecular formula is C37H32ClFN6O5. The summed E-state index contributed by atoms with van der Waals surface area (Å²) in [6.07, 6.45) is 0.845. The van der Waals surface area contributed by atoms with E-state index in [1.165, 1.54) is 34.9 Å². The molecule has 0 spiro atoms. The Kier molecular flexibility index (Phi) is 8.62. The van der Waals surface area contributed by atoms with Gasteiger partial charge in [0.15, 0.2) is 0 Å². The largest absolute Gasteiger partial charge is 0.453 e. The van der Waals surface area contributed by atoms with Crippen LogP contribution in [0.15, 0.2) is 97.2 Å². The van der Waals surface area contributed by atoms with Crippen LogP contribution in [-0.4, -0.2) is 64.2 Å². The molecule has 254 valence electrons. The van der Waals surface area contributed by atoms with Crippen LogP contribution in [0.4, 0.5) is 24.5 Å². The summed E-state index contributed by atoms with van der Waals surface area (Å²) in [7, 11) is 1.29. The van der Waals surface area contributed by atoms with Gasteiger partial charge in [0, 0.05) is 30.2 Å². The molecule has 1 fully saturated rings. The summed E-state index contributed by atoms with van der Waals surface area (Å²) < 4.78 is 21.3. The van der Waals surface area contributed by atoms with Gasteiger partial charge in [0.1, 0.15) is 11.9 Å². The van der Waals surface area contributed by atoms with Crippen LogP contribution in [0.5, 0.6) is 0 Å². The first-order valence-electron chi connectivity index (χ1n) is 15.9. The predicted molar refractivity (Wildman–Crippen MR) is 186 cm³/mol. The monoisotopic (exact) mass is 694 g/mol. The second kappa shape index (κ2) is 13.2. The van der Waals surface area contributed by atoms with Crippen molar-refractivity contribution in [2.75, 3.05) is 19.0 Å². The highest BCUT2D eigenvalue weighted by molar-refractivity contribution is 6.30. The zero-order valence-electron chi connectivity index (χ0n) is 26.8. The molecule has 0 unspecified atom stereocenters. The van der Waals surface area contributed by atoms with Crippen molar-refractivity contribution in [2.45, 2.75) is 31.1 Å². The van der Waals surface area contributed by atoms with E-state index in [2.05, 4.69) is 10.6 Å². The number of carbonyl (C=O) groups is 4. The minimum atomic E-state index is -1.08. The number of likely N-dealkylation sites (tertiary alicyclic amines) is 1. The quantitative estimate of drug-likeness (QED) is 0.187. The summed E-state index contributed by atoms with van der Waals surface area (Å²) in [5, 5.41) is 6.07. The van der Waals surface area contributed by atoms with E-state index in [0.717, 1.165) is 22.3 Å². The number of hydrogen-bond acceptors (Lipinski definition) is 5. The molecule has 0 radical (unpaired) electrons. The number of nitrogens with two attached hydrogens (primary N) is 1. The molecule has 5 aromatic rings. The van der Waals surface area contributed by atoms with Crippen molar-refractivity contribution < 1.29 is 28.3 Å². The molecule has 2 heterocycles. The molecule has 50 heavy (non-hydrogen) atoms. The number of anilines is 1. The highest BCUT2D eigenvalue weighted by Gasteiger charge is 2.47. The minimum absolute atomic E-state index is 0.0418. The summed E-state index contributed by atoms with van der Waals surface area (Å²) in [4.78, 5) is 56.9. The number of nitrogens with zero attached hydrogens (tertiary/aromatic N) is 3. The van der Waals surface area contributed by atoms with E-state index in [1.807, 2.05) is 48.5 Å². The number of ether oxygens (including phenoxy) is 1. The Morgan fingerprint density at radius 3 is 2.28 bits per heavy atom. The van der Waals surface area contributed by atoms with Gasteiger partial charge < -0.3 is 26.0 Å². The first kappa shape index (κ1) is 32.7. The first-order valence-corrected chi connectivity index (χ1v) is 16.3. The molecule has 2 aliphatic rings. The molecule has 0 saturated carbocycles. The highest BCUT2D eigenvalue weighted by atomic mass is 35.5. The Labute approximate surface area is 291 Å². The van der Waals surface area contributed by atoms with Crippen LogP contribution < -0.4 is 16.4 Å². The van der Waals surface area contributed by atoms with E-state index in [9.17, 15) is 23.6 Å². The number of halogens is 2. The number of amides is 5. The lowest BCUT2D eigenvalue weighted by atomic mass is 10.0. The van der Waals surface area contributed by atoms with Gasteiger partial charge in [-0.3, -0.25) is 14.3 Å². The van der Waals surface area contributed by atoms with E-state index >= 15 is 0 Å². The smallest absolute Gasteiger partial charge is 0.410 e. The van der Waals surface area contributed by atoms with Crippen molar-refractivity contribution in [1.29, 1.82) is 0 Å². The van der Waals surface area contributed by atoms with E-state index in [0.29, 0.717) is 16.6 Å². The summed E-state index contributed by atoms with van der Waals surface area (Å²) >= 11 is 5.96. The molecule has 1 aromatic heterocycles. The molecule has 0 bridgehead atoms. The van der Waals surface area contributed by atoms with Crippen molar-refractivity contribution in [3.63, 3.8) is 0 Å². The molecule has 2 atom stereocenters. The number of methoxy groups -OCH3 is 1. The van der Waals surface area contributed by atoms with Crippen LogP contribution >= 0.6 is 11.6 Å². The van der Waals surface area contributed by atoms with Crippen molar-refractivity contribution in [3.8, 4) is 11.1 Å². The second-order valence-electron chi connectivity index (χ2n) is 12.1. The number of rotatable bonds is 6. The minimum Gasteiger partial charge on any atom is -0.453 e. The maximum Gasteiger partial charge on any atom is 0.410 e. The lowest BCUT2D eigenvalue weighted by Gasteiger charge is -2.34. The van der Waals surface area contributed by atoms with Gasteiger partial charge in [-0.05, 0) is 40.8 Å². The van der Waals surface area contributed by atoms with Crippen LogP contribution in [-0.2, 0) is 16.1 Å². The molecule has 13 heteroatoms. The van der Waals surface area contributed by atoms with Gasteiger partial charge >= 0.3 is 18.2 Å². The number of urea groups is 1. The van der Waals surface area contributed by atoms with Crippen molar-refractivity contribution in [2.24, 2.45) is 5.73 Å². The van der Waals surface area contributed by atoms with Gasteiger partial charge in [-0.25, -0.2) is 18.8 Å². The number of primary amides is 1. The van der Waals surface area contributed by atoms with Gasteiger partial charge in [-0.2, -0.15) is 0 Å². The van der Waals surface area contributed by atoms with Gasteiger partial charge in [-0.15, -0.1) is 0 Å². The van der Waals surface area contributed by atoms with Crippen LogP contribution in [0, 0.1) is 5.82 Å². The zero-order valence-corrected chi connectivity index (χ0v) is 27.6. The molecular weight excluding hydrogens is 663 g/mol. The molecule has 1 saturated heterocycles. The third kappa shape index (κ3) is 5.67. The van der Waals surface area contributed by atoms with Gasteiger partial charge in [0.25, 0.3) is 0 Å². The SMILES string of the molecule is COC(=O)N(C1c2ccccc2-c2ccccc21)[C@H]1C[C@@H](C(=O)NCc2cccc(Cl)c2F)N(C(=O)Nc2cn(C(N)=O)c3ccccc23)C1. The van der Waals surface area contributed by atoms with Crippen LogP contribution in [0.2, 0.25) is 5.02 Å².